The predicted octanol–water partition coefficient (Wildman–Crippen LogP) is 2.96. The molecule has 1 aromatic carbocycles. The highest BCUT2D eigenvalue weighted by Gasteiger charge is 2.34. The number of hydrogen-bond donors (Lipinski definition) is 3. The molecule has 1 saturated heterocycles. The van der Waals surface area contributed by atoms with E-state index in [1.54, 1.807) is 25.7 Å². The summed E-state index contributed by atoms with van der Waals surface area (Å²) in [6, 6.07) is 1.71. The van der Waals surface area contributed by atoms with E-state index in [0.717, 1.165) is 6.07 Å². The van der Waals surface area contributed by atoms with E-state index in [2.05, 4.69) is 10.1 Å². The number of amides is 1. The third-order valence-corrected chi connectivity index (χ3v) is 4.08. The minimum Gasteiger partial charge on any atom is -0.478 e. The zero-order chi connectivity index (χ0) is 22.0. The Morgan fingerprint density at radius 2 is 1.97 bits per heavy atom. The third-order valence-electron chi connectivity index (χ3n) is 4.08. The molecule has 29 heavy (non-hydrogen) atoms. The first-order valence-electron chi connectivity index (χ1n) is 8.87. The molecule has 1 aliphatic heterocycles. The third kappa shape index (κ3) is 7.00. The molecule has 0 bridgehead atoms. The molecule has 0 saturated carbocycles. The van der Waals surface area contributed by atoms with Gasteiger partial charge in [0.05, 0.1) is 5.56 Å². The summed E-state index contributed by atoms with van der Waals surface area (Å²) in [5.74, 6) is -2.07. The number of alkyl carbamates (subject to hydrolysis) is 1. The average Bonchev–Trinajstić information content (AvgIpc) is 2.93. The molecular weight excluding hydrogens is 395 g/mol. The number of nitrogens with one attached hydrogen (secondary N) is 1. The smallest absolute Gasteiger partial charge is 0.478 e. The van der Waals surface area contributed by atoms with Crippen LogP contribution < -0.4 is 15.8 Å². The SMILES string of the molecule is CC(C)(C)OC(=O)N[C@@H]1CCN(Cc2cc(N)c(C(=O)O)cc2OC(F)(F)F)C1. The summed E-state index contributed by atoms with van der Waals surface area (Å²) in [5.41, 5.74) is 4.49. The molecule has 0 spiro atoms. The van der Waals surface area contributed by atoms with Crippen molar-refractivity contribution >= 4 is 17.7 Å². The summed E-state index contributed by atoms with van der Waals surface area (Å²) in [7, 11) is 0. The van der Waals surface area contributed by atoms with Gasteiger partial charge in [-0.05, 0) is 39.3 Å². The van der Waals surface area contributed by atoms with Crippen LogP contribution in [0.5, 0.6) is 5.75 Å². The number of ether oxygens (including phenoxy) is 2. The second kappa shape index (κ2) is 8.36. The van der Waals surface area contributed by atoms with Crippen LogP contribution in [0.25, 0.3) is 0 Å². The monoisotopic (exact) mass is 419 g/mol. The van der Waals surface area contributed by atoms with Crippen molar-refractivity contribution in [1.82, 2.24) is 10.2 Å². The lowest BCUT2D eigenvalue weighted by Crippen LogP contribution is -2.40. The molecule has 0 radical (unpaired) electrons. The summed E-state index contributed by atoms with van der Waals surface area (Å²) in [4.78, 5) is 24.8. The molecule has 1 fully saturated rings. The number of nitrogens with two attached hydrogens (primary N) is 1. The summed E-state index contributed by atoms with van der Waals surface area (Å²) in [6.45, 7) is 6.14. The second-order valence-electron chi connectivity index (χ2n) is 7.77. The number of nitrogen functional groups attached to an aromatic ring is 1. The topological polar surface area (TPSA) is 114 Å². The number of benzene rings is 1. The van der Waals surface area contributed by atoms with Crippen LogP contribution in [0, 0.1) is 0 Å². The van der Waals surface area contributed by atoms with Crippen molar-refractivity contribution < 1.29 is 37.3 Å². The Labute approximate surface area is 165 Å². The van der Waals surface area contributed by atoms with Crippen molar-refractivity contribution in [2.45, 2.75) is 51.7 Å². The number of rotatable bonds is 5. The maximum absolute atomic E-state index is 12.7. The Morgan fingerprint density at radius 3 is 2.52 bits per heavy atom. The van der Waals surface area contributed by atoms with Gasteiger partial charge in [-0.2, -0.15) is 0 Å². The molecular formula is C18H24F3N3O5. The molecule has 1 aliphatic rings. The van der Waals surface area contributed by atoms with Crippen molar-refractivity contribution in [3.05, 3.63) is 23.3 Å². The number of carbonyl (C=O) groups excluding carboxylic acids is 1. The van der Waals surface area contributed by atoms with Gasteiger partial charge in [0.2, 0.25) is 0 Å². The molecule has 11 heteroatoms. The van der Waals surface area contributed by atoms with Gasteiger partial charge >= 0.3 is 18.4 Å². The van der Waals surface area contributed by atoms with Gasteiger partial charge in [-0.25, -0.2) is 9.59 Å². The van der Waals surface area contributed by atoms with E-state index in [0.29, 0.717) is 19.5 Å². The Balaban J connectivity index is 2.10. The van der Waals surface area contributed by atoms with Crippen LogP contribution in [0.15, 0.2) is 12.1 Å². The molecule has 1 aromatic rings. The van der Waals surface area contributed by atoms with Crippen LogP contribution in [0.4, 0.5) is 23.7 Å². The first-order chi connectivity index (χ1) is 13.2. The van der Waals surface area contributed by atoms with Crippen molar-refractivity contribution in [3.8, 4) is 5.75 Å². The number of nitrogens with zero attached hydrogens (tertiary/aromatic N) is 1. The normalized spacial score (nSPS) is 17.8. The zero-order valence-electron chi connectivity index (χ0n) is 16.3. The largest absolute Gasteiger partial charge is 0.573 e. The van der Waals surface area contributed by atoms with E-state index in [9.17, 15) is 22.8 Å². The standard InChI is InChI=1S/C18H24F3N3O5/c1-17(2,3)29-16(27)23-11-4-5-24(9-11)8-10-6-13(22)12(15(25)26)7-14(10)28-18(19,20)21/h6-7,11H,4-5,8-9,22H2,1-3H3,(H,23,27)(H,25,26)/t11-/m1/s1. The number of carboxylic acids is 1. The molecule has 1 amide bonds. The lowest BCUT2D eigenvalue weighted by molar-refractivity contribution is -0.275. The number of alkyl halides is 3. The molecule has 162 valence electrons. The van der Waals surface area contributed by atoms with Gasteiger partial charge in [-0.1, -0.05) is 0 Å². The van der Waals surface area contributed by atoms with Gasteiger partial charge in [-0.15, -0.1) is 13.2 Å². The fraction of sp³-hybridized carbons (Fsp3) is 0.556. The summed E-state index contributed by atoms with van der Waals surface area (Å²) in [5, 5.41) is 11.8. The Morgan fingerprint density at radius 1 is 1.31 bits per heavy atom. The second-order valence-corrected chi connectivity index (χ2v) is 7.77. The predicted molar refractivity (Wildman–Crippen MR) is 97.5 cm³/mol. The number of halogens is 3. The molecule has 1 heterocycles. The van der Waals surface area contributed by atoms with E-state index >= 15 is 0 Å². The minimum atomic E-state index is -4.98. The minimum absolute atomic E-state index is 0.0437. The summed E-state index contributed by atoms with van der Waals surface area (Å²) in [6.07, 6.45) is -4.97. The molecule has 0 unspecified atom stereocenters. The molecule has 4 N–H and O–H groups in total. The first kappa shape index (κ1) is 22.6. The van der Waals surface area contributed by atoms with Gasteiger partial charge in [0.1, 0.15) is 11.4 Å². The quantitative estimate of drug-likeness (QED) is 0.629. The Hall–Kier alpha value is -2.69. The Kier molecular flexibility index (Phi) is 6.51. The van der Waals surface area contributed by atoms with E-state index in [1.807, 2.05) is 0 Å². The number of carbonyl (C=O) groups is 2. The summed E-state index contributed by atoms with van der Waals surface area (Å²) >= 11 is 0. The highest BCUT2D eigenvalue weighted by molar-refractivity contribution is 5.94. The van der Waals surface area contributed by atoms with Gasteiger partial charge in [-0.3, -0.25) is 4.90 Å². The van der Waals surface area contributed by atoms with Crippen molar-refractivity contribution in [2.24, 2.45) is 0 Å². The van der Waals surface area contributed by atoms with Crippen molar-refractivity contribution in [1.29, 1.82) is 0 Å². The molecule has 0 aliphatic carbocycles. The number of likely N-dealkylation sites (tertiary alicyclic amines) is 1. The van der Waals surface area contributed by atoms with Crippen LogP contribution >= 0.6 is 0 Å². The molecule has 1 atom stereocenters. The lowest BCUT2D eigenvalue weighted by Gasteiger charge is -2.22. The molecule has 8 nitrogen and oxygen atoms in total. The van der Waals surface area contributed by atoms with Gasteiger partial charge < -0.3 is 25.6 Å². The van der Waals surface area contributed by atoms with Crippen LogP contribution in [0.3, 0.4) is 0 Å². The highest BCUT2D eigenvalue weighted by atomic mass is 19.4. The maximum atomic E-state index is 12.7. The van der Waals surface area contributed by atoms with E-state index < -0.39 is 35.3 Å². The lowest BCUT2D eigenvalue weighted by atomic mass is 10.1. The average molecular weight is 419 g/mol. The van der Waals surface area contributed by atoms with E-state index in [4.69, 9.17) is 15.6 Å². The fourth-order valence-electron chi connectivity index (χ4n) is 2.98. The maximum Gasteiger partial charge on any atom is 0.573 e. The van der Waals surface area contributed by atoms with Crippen molar-refractivity contribution in [2.75, 3.05) is 18.8 Å². The first-order valence-corrected chi connectivity index (χ1v) is 8.87. The highest BCUT2D eigenvalue weighted by Crippen LogP contribution is 2.32. The van der Waals surface area contributed by atoms with Crippen LogP contribution in [-0.2, 0) is 11.3 Å². The van der Waals surface area contributed by atoms with Crippen LogP contribution in [-0.4, -0.2) is 53.2 Å². The van der Waals surface area contributed by atoms with E-state index in [-0.39, 0.29) is 23.8 Å². The number of aromatic carboxylic acids is 1. The van der Waals surface area contributed by atoms with E-state index in [1.165, 1.54) is 6.07 Å². The Bertz CT molecular complexity index is 777. The molecule has 2 rings (SSSR count). The number of hydrogen-bond acceptors (Lipinski definition) is 6. The van der Waals surface area contributed by atoms with Crippen LogP contribution in [0.1, 0.15) is 43.1 Å². The van der Waals surface area contributed by atoms with Crippen molar-refractivity contribution in [3.63, 3.8) is 0 Å². The van der Waals surface area contributed by atoms with Gasteiger partial charge in [0.15, 0.2) is 0 Å². The number of anilines is 1. The zero-order valence-corrected chi connectivity index (χ0v) is 16.3. The van der Waals surface area contributed by atoms with Gasteiger partial charge in [0.25, 0.3) is 0 Å². The summed E-state index contributed by atoms with van der Waals surface area (Å²) < 4.78 is 47.4. The van der Waals surface area contributed by atoms with Gasteiger partial charge in [0, 0.05) is 36.9 Å². The molecule has 0 aromatic heterocycles. The number of carboxylic acid groups (broad SMARTS) is 1. The fourth-order valence-corrected chi connectivity index (χ4v) is 2.98. The van der Waals surface area contributed by atoms with Crippen LogP contribution in [0.2, 0.25) is 0 Å².